The topological polar surface area (TPSA) is 21.3 Å². The molecule has 1 N–H and O–H groups in total. The molecule has 108 valence electrons. The quantitative estimate of drug-likeness (QED) is 0.637. The summed E-state index contributed by atoms with van der Waals surface area (Å²) in [4.78, 5) is 0. The first kappa shape index (κ1) is 16.0. The van der Waals surface area contributed by atoms with Gasteiger partial charge in [-0.1, -0.05) is 39.0 Å². The lowest BCUT2D eigenvalue weighted by Gasteiger charge is -2.32. The van der Waals surface area contributed by atoms with Crippen LogP contribution in [0.15, 0.2) is 30.3 Å². The molecule has 0 aliphatic heterocycles. The van der Waals surface area contributed by atoms with E-state index >= 15 is 0 Å². The largest absolute Gasteiger partial charge is 0.494 e. The molecule has 0 atom stereocenters. The SMILES string of the molecule is CCNCC(CC)(CC)CCCOc1ccccc1. The molecule has 0 saturated carbocycles. The standard InChI is InChI=1S/C17H29NO/c1-4-17(5-2,15-18-6-3)13-10-14-19-16-11-8-7-9-12-16/h7-9,11-12,18H,4-6,10,13-15H2,1-3H3. The highest BCUT2D eigenvalue weighted by Crippen LogP contribution is 2.31. The van der Waals surface area contributed by atoms with Crippen LogP contribution in [0.3, 0.4) is 0 Å². The minimum atomic E-state index is 0.441. The monoisotopic (exact) mass is 263 g/mol. The van der Waals surface area contributed by atoms with Crippen LogP contribution in [0.2, 0.25) is 0 Å². The molecule has 2 heteroatoms. The number of rotatable bonds is 10. The Kier molecular flexibility index (Phi) is 7.57. The third-order valence-electron chi connectivity index (χ3n) is 4.11. The van der Waals surface area contributed by atoms with Crippen molar-refractivity contribution in [3.8, 4) is 5.75 Å². The predicted octanol–water partition coefficient (Wildman–Crippen LogP) is 4.26. The van der Waals surface area contributed by atoms with Gasteiger partial charge >= 0.3 is 0 Å². The molecule has 0 saturated heterocycles. The molecule has 1 aromatic carbocycles. The Morgan fingerprint density at radius 2 is 1.74 bits per heavy atom. The smallest absolute Gasteiger partial charge is 0.119 e. The van der Waals surface area contributed by atoms with E-state index < -0.39 is 0 Å². The van der Waals surface area contributed by atoms with Gasteiger partial charge in [-0.3, -0.25) is 0 Å². The van der Waals surface area contributed by atoms with E-state index in [4.69, 9.17) is 4.74 Å². The Morgan fingerprint density at radius 1 is 1.05 bits per heavy atom. The highest BCUT2D eigenvalue weighted by Gasteiger charge is 2.24. The minimum absolute atomic E-state index is 0.441. The van der Waals surface area contributed by atoms with E-state index in [1.165, 1.54) is 19.3 Å². The van der Waals surface area contributed by atoms with Crippen molar-refractivity contribution in [1.82, 2.24) is 5.32 Å². The normalized spacial score (nSPS) is 11.5. The summed E-state index contributed by atoms with van der Waals surface area (Å²) in [6.07, 6.45) is 4.84. The summed E-state index contributed by atoms with van der Waals surface area (Å²) in [5.74, 6) is 0.979. The average Bonchev–Trinajstić information content (AvgIpc) is 2.48. The van der Waals surface area contributed by atoms with Crippen molar-refractivity contribution < 1.29 is 4.74 Å². The van der Waals surface area contributed by atoms with Crippen molar-refractivity contribution >= 4 is 0 Å². The minimum Gasteiger partial charge on any atom is -0.494 e. The van der Waals surface area contributed by atoms with Gasteiger partial charge in [0.2, 0.25) is 0 Å². The molecule has 0 spiro atoms. The molecule has 0 aromatic heterocycles. The van der Waals surface area contributed by atoms with E-state index in [0.29, 0.717) is 5.41 Å². The fourth-order valence-electron chi connectivity index (χ4n) is 2.49. The summed E-state index contributed by atoms with van der Waals surface area (Å²) < 4.78 is 5.77. The highest BCUT2D eigenvalue weighted by molar-refractivity contribution is 5.20. The number of para-hydroxylation sites is 1. The molecule has 0 heterocycles. The van der Waals surface area contributed by atoms with Gasteiger partial charge in [0.15, 0.2) is 0 Å². The molecule has 0 amide bonds. The molecule has 0 fully saturated rings. The van der Waals surface area contributed by atoms with Crippen LogP contribution < -0.4 is 10.1 Å². The molecule has 0 aliphatic rings. The first-order chi connectivity index (χ1) is 9.26. The van der Waals surface area contributed by atoms with Gasteiger partial charge in [-0.15, -0.1) is 0 Å². The van der Waals surface area contributed by atoms with Gasteiger partial charge in [-0.05, 0) is 49.8 Å². The van der Waals surface area contributed by atoms with E-state index in [-0.39, 0.29) is 0 Å². The van der Waals surface area contributed by atoms with Crippen molar-refractivity contribution in [2.24, 2.45) is 5.41 Å². The van der Waals surface area contributed by atoms with Gasteiger partial charge < -0.3 is 10.1 Å². The molecular formula is C17H29NO. The molecule has 2 nitrogen and oxygen atoms in total. The second kappa shape index (κ2) is 8.98. The van der Waals surface area contributed by atoms with Gasteiger partial charge in [-0.2, -0.15) is 0 Å². The molecule has 0 radical (unpaired) electrons. The number of benzene rings is 1. The third-order valence-corrected chi connectivity index (χ3v) is 4.11. The van der Waals surface area contributed by atoms with Crippen molar-refractivity contribution in [1.29, 1.82) is 0 Å². The summed E-state index contributed by atoms with van der Waals surface area (Å²) in [7, 11) is 0. The Balaban J connectivity index is 2.32. The summed E-state index contributed by atoms with van der Waals surface area (Å²) in [6.45, 7) is 9.79. The van der Waals surface area contributed by atoms with E-state index in [1.54, 1.807) is 0 Å². The predicted molar refractivity (Wildman–Crippen MR) is 82.7 cm³/mol. The zero-order valence-electron chi connectivity index (χ0n) is 12.7. The third kappa shape index (κ3) is 5.65. The molecule has 1 aromatic rings. The number of hydrogen-bond acceptors (Lipinski definition) is 2. The van der Waals surface area contributed by atoms with E-state index in [0.717, 1.165) is 31.9 Å². The first-order valence-corrected chi connectivity index (χ1v) is 7.65. The van der Waals surface area contributed by atoms with Crippen LogP contribution in [0.25, 0.3) is 0 Å². The zero-order chi connectivity index (χ0) is 14.0. The number of nitrogens with one attached hydrogen (secondary N) is 1. The molecule has 0 bridgehead atoms. The van der Waals surface area contributed by atoms with Crippen LogP contribution in [0.4, 0.5) is 0 Å². The van der Waals surface area contributed by atoms with Crippen LogP contribution in [-0.2, 0) is 0 Å². The maximum absolute atomic E-state index is 5.77. The summed E-state index contributed by atoms with van der Waals surface area (Å²) in [5.41, 5.74) is 0.441. The maximum atomic E-state index is 5.77. The van der Waals surface area contributed by atoms with Crippen LogP contribution in [0.5, 0.6) is 5.75 Å². The lowest BCUT2D eigenvalue weighted by molar-refractivity contribution is 0.200. The fraction of sp³-hybridized carbons (Fsp3) is 0.647. The van der Waals surface area contributed by atoms with Crippen LogP contribution in [0, 0.1) is 5.41 Å². The number of ether oxygens (including phenoxy) is 1. The van der Waals surface area contributed by atoms with E-state index in [2.05, 4.69) is 26.1 Å². The first-order valence-electron chi connectivity index (χ1n) is 7.65. The second-order valence-electron chi connectivity index (χ2n) is 5.25. The fourth-order valence-corrected chi connectivity index (χ4v) is 2.49. The molecule has 19 heavy (non-hydrogen) atoms. The Hall–Kier alpha value is -1.02. The molecule has 0 unspecified atom stereocenters. The highest BCUT2D eigenvalue weighted by atomic mass is 16.5. The van der Waals surface area contributed by atoms with Gasteiger partial charge in [0, 0.05) is 6.54 Å². The summed E-state index contributed by atoms with van der Waals surface area (Å²) >= 11 is 0. The van der Waals surface area contributed by atoms with E-state index in [9.17, 15) is 0 Å². The van der Waals surface area contributed by atoms with Gasteiger partial charge in [-0.25, -0.2) is 0 Å². The lowest BCUT2D eigenvalue weighted by atomic mass is 9.78. The summed E-state index contributed by atoms with van der Waals surface area (Å²) in [5, 5.41) is 3.51. The molecular weight excluding hydrogens is 234 g/mol. The van der Waals surface area contributed by atoms with E-state index in [1.807, 2.05) is 30.3 Å². The lowest BCUT2D eigenvalue weighted by Crippen LogP contribution is -2.33. The Bertz CT molecular complexity index is 319. The van der Waals surface area contributed by atoms with Gasteiger partial charge in [0.25, 0.3) is 0 Å². The van der Waals surface area contributed by atoms with Crippen LogP contribution in [-0.4, -0.2) is 19.7 Å². The maximum Gasteiger partial charge on any atom is 0.119 e. The Morgan fingerprint density at radius 3 is 2.32 bits per heavy atom. The molecule has 0 aliphatic carbocycles. The van der Waals surface area contributed by atoms with Crippen molar-refractivity contribution in [2.45, 2.75) is 46.5 Å². The van der Waals surface area contributed by atoms with Crippen molar-refractivity contribution in [2.75, 3.05) is 19.7 Å². The zero-order valence-corrected chi connectivity index (χ0v) is 12.7. The molecule has 1 rings (SSSR count). The number of hydrogen-bond donors (Lipinski definition) is 1. The Labute approximate surface area is 118 Å². The average molecular weight is 263 g/mol. The van der Waals surface area contributed by atoms with Crippen molar-refractivity contribution in [3.63, 3.8) is 0 Å². The summed E-state index contributed by atoms with van der Waals surface area (Å²) in [6, 6.07) is 10.1. The van der Waals surface area contributed by atoms with Gasteiger partial charge in [0.05, 0.1) is 6.61 Å². The van der Waals surface area contributed by atoms with Crippen LogP contribution in [0.1, 0.15) is 46.5 Å². The second-order valence-corrected chi connectivity index (χ2v) is 5.25. The van der Waals surface area contributed by atoms with Crippen molar-refractivity contribution in [3.05, 3.63) is 30.3 Å². The van der Waals surface area contributed by atoms with Gasteiger partial charge in [0.1, 0.15) is 5.75 Å². The van der Waals surface area contributed by atoms with Crippen LogP contribution >= 0.6 is 0 Å².